The Morgan fingerprint density at radius 3 is 2.48 bits per heavy atom. The molecule has 1 aromatic heterocycles. The van der Waals surface area contributed by atoms with Crippen molar-refractivity contribution in [3.63, 3.8) is 0 Å². The molecule has 1 fully saturated rings. The van der Waals surface area contributed by atoms with Gasteiger partial charge in [-0.1, -0.05) is 19.0 Å². The number of carbonyl (C=O) groups is 1. The number of hydrogen-bond donors (Lipinski definition) is 0. The molecule has 0 N–H and O–H groups in total. The van der Waals surface area contributed by atoms with E-state index in [1.165, 1.54) is 0 Å². The van der Waals surface area contributed by atoms with Gasteiger partial charge in [-0.2, -0.15) is 0 Å². The summed E-state index contributed by atoms with van der Waals surface area (Å²) in [6.07, 6.45) is 0.299. The lowest BCUT2D eigenvalue weighted by Gasteiger charge is -2.42. The Morgan fingerprint density at radius 1 is 1.39 bits per heavy atom. The van der Waals surface area contributed by atoms with Gasteiger partial charge in [-0.15, -0.1) is 0 Å². The third kappa shape index (κ3) is 4.54. The van der Waals surface area contributed by atoms with Crippen LogP contribution in [0.25, 0.3) is 0 Å². The van der Waals surface area contributed by atoms with Crippen LogP contribution in [0, 0.1) is 12.8 Å². The summed E-state index contributed by atoms with van der Waals surface area (Å²) in [5.74, 6) is 1.13. The van der Waals surface area contributed by atoms with Gasteiger partial charge >= 0.3 is 0 Å². The molecule has 0 aliphatic carbocycles. The van der Waals surface area contributed by atoms with E-state index in [1.54, 1.807) is 4.90 Å². The maximum absolute atomic E-state index is 13.0. The summed E-state index contributed by atoms with van der Waals surface area (Å²) < 4.78 is 10.9. The average Bonchev–Trinajstić information content (AvgIpc) is 2.82. The Balaban J connectivity index is 2.08. The Labute approximate surface area is 138 Å². The quantitative estimate of drug-likeness (QED) is 0.830. The summed E-state index contributed by atoms with van der Waals surface area (Å²) in [6.45, 7) is 12.2. The molecular weight excluding hydrogens is 294 g/mol. The van der Waals surface area contributed by atoms with E-state index in [9.17, 15) is 4.79 Å². The van der Waals surface area contributed by atoms with E-state index in [4.69, 9.17) is 9.26 Å². The molecule has 0 radical (unpaired) electrons. The van der Waals surface area contributed by atoms with Crippen LogP contribution >= 0.6 is 0 Å². The fraction of sp³-hybridized carbons (Fsp3) is 0.765. The lowest BCUT2D eigenvalue weighted by atomic mass is 9.99. The van der Waals surface area contributed by atoms with Crippen LogP contribution in [-0.4, -0.2) is 59.3 Å². The van der Waals surface area contributed by atoms with Crippen molar-refractivity contribution >= 4 is 5.91 Å². The van der Waals surface area contributed by atoms with E-state index in [0.717, 1.165) is 24.5 Å². The van der Waals surface area contributed by atoms with Gasteiger partial charge in [0.2, 0.25) is 5.91 Å². The highest BCUT2D eigenvalue weighted by Crippen LogP contribution is 2.20. The first-order valence-electron chi connectivity index (χ1n) is 8.34. The maximum Gasteiger partial charge on any atom is 0.240 e. The van der Waals surface area contributed by atoms with Crippen molar-refractivity contribution in [1.82, 2.24) is 15.0 Å². The largest absolute Gasteiger partial charge is 0.373 e. The van der Waals surface area contributed by atoms with Crippen molar-refractivity contribution in [1.29, 1.82) is 0 Å². The molecule has 1 saturated heterocycles. The molecule has 130 valence electrons. The second kappa shape index (κ2) is 7.45. The first kappa shape index (κ1) is 17.9. The molecule has 3 atom stereocenters. The third-order valence-corrected chi connectivity index (χ3v) is 4.18. The zero-order valence-corrected chi connectivity index (χ0v) is 15.1. The molecule has 1 aliphatic heterocycles. The average molecular weight is 323 g/mol. The van der Waals surface area contributed by atoms with Crippen molar-refractivity contribution < 1.29 is 14.1 Å². The van der Waals surface area contributed by atoms with Gasteiger partial charge in [0.15, 0.2) is 0 Å². The Bertz CT molecular complexity index is 519. The van der Waals surface area contributed by atoms with Crippen LogP contribution in [-0.2, 0) is 16.1 Å². The second-order valence-electron chi connectivity index (χ2n) is 7.02. The van der Waals surface area contributed by atoms with E-state index < -0.39 is 0 Å². The number of ether oxygens (including phenoxy) is 1. The van der Waals surface area contributed by atoms with Gasteiger partial charge < -0.3 is 14.2 Å². The number of amides is 1. The maximum atomic E-state index is 13.0. The molecular formula is C17H29N3O3. The number of hydrogen-bond acceptors (Lipinski definition) is 5. The first-order chi connectivity index (χ1) is 10.8. The fourth-order valence-electron chi connectivity index (χ4n) is 3.35. The predicted molar refractivity (Wildman–Crippen MR) is 87.9 cm³/mol. The molecule has 1 aromatic rings. The number of rotatable bonds is 5. The zero-order chi connectivity index (χ0) is 17.1. The number of nitrogens with zero attached hydrogens (tertiary/aromatic N) is 3. The molecule has 0 saturated carbocycles. The summed E-state index contributed by atoms with van der Waals surface area (Å²) in [6, 6.07) is 1.73. The van der Waals surface area contributed by atoms with Gasteiger partial charge in [-0.3, -0.25) is 9.69 Å². The molecule has 6 heteroatoms. The summed E-state index contributed by atoms with van der Waals surface area (Å²) in [5.41, 5.74) is 0.782. The minimum atomic E-state index is -0.137. The van der Waals surface area contributed by atoms with Gasteiger partial charge in [0.05, 0.1) is 24.8 Å². The summed E-state index contributed by atoms with van der Waals surface area (Å²) in [4.78, 5) is 17.0. The van der Waals surface area contributed by atoms with Crippen molar-refractivity contribution in [3.05, 3.63) is 17.5 Å². The van der Waals surface area contributed by atoms with Gasteiger partial charge in [-0.25, -0.2) is 0 Å². The van der Waals surface area contributed by atoms with Gasteiger partial charge in [0.25, 0.3) is 0 Å². The highest BCUT2D eigenvalue weighted by atomic mass is 16.5. The smallest absolute Gasteiger partial charge is 0.240 e. The standard InChI is InChI=1S/C17H29N3O3/c1-11(2)16(20-8-13(4)22-14(5)9-20)17(21)19(6)10-15-7-12(3)23-18-15/h7,11,13-14,16H,8-10H2,1-6H3. The third-order valence-electron chi connectivity index (χ3n) is 4.18. The monoisotopic (exact) mass is 323 g/mol. The SMILES string of the molecule is Cc1cc(CN(C)C(=O)C(C(C)C)N2CC(C)OC(C)C2)no1. The van der Waals surface area contributed by atoms with E-state index in [-0.39, 0.29) is 30.1 Å². The molecule has 0 aromatic carbocycles. The van der Waals surface area contributed by atoms with E-state index in [1.807, 2.05) is 20.0 Å². The van der Waals surface area contributed by atoms with Crippen molar-refractivity contribution in [3.8, 4) is 0 Å². The molecule has 2 heterocycles. The van der Waals surface area contributed by atoms with Crippen LogP contribution in [0.5, 0.6) is 0 Å². The molecule has 23 heavy (non-hydrogen) atoms. The number of morpholine rings is 1. The molecule has 0 spiro atoms. The lowest BCUT2D eigenvalue weighted by Crippen LogP contribution is -2.57. The number of aryl methyl sites for hydroxylation is 1. The Kier molecular flexibility index (Phi) is 5.81. The van der Waals surface area contributed by atoms with Crippen LogP contribution < -0.4 is 0 Å². The van der Waals surface area contributed by atoms with Crippen LogP contribution in [0.4, 0.5) is 0 Å². The Hall–Kier alpha value is -1.40. The van der Waals surface area contributed by atoms with Gasteiger partial charge in [-0.05, 0) is 26.7 Å². The number of aromatic nitrogens is 1. The van der Waals surface area contributed by atoms with Crippen molar-refractivity contribution in [2.24, 2.45) is 5.92 Å². The topological polar surface area (TPSA) is 58.8 Å². The first-order valence-corrected chi connectivity index (χ1v) is 8.34. The second-order valence-corrected chi connectivity index (χ2v) is 7.02. The van der Waals surface area contributed by atoms with Crippen LogP contribution in [0.3, 0.4) is 0 Å². The highest BCUT2D eigenvalue weighted by Gasteiger charge is 2.35. The summed E-state index contributed by atoms with van der Waals surface area (Å²) >= 11 is 0. The van der Waals surface area contributed by atoms with Crippen molar-refractivity contribution in [2.45, 2.75) is 59.4 Å². The fourth-order valence-corrected chi connectivity index (χ4v) is 3.35. The molecule has 6 nitrogen and oxygen atoms in total. The molecule has 1 amide bonds. The molecule has 2 rings (SSSR count). The Morgan fingerprint density at radius 2 is 2.00 bits per heavy atom. The van der Waals surface area contributed by atoms with Crippen molar-refractivity contribution in [2.75, 3.05) is 20.1 Å². The van der Waals surface area contributed by atoms with Crippen LogP contribution in [0.15, 0.2) is 10.6 Å². The number of carbonyl (C=O) groups excluding carboxylic acids is 1. The summed E-state index contributed by atoms with van der Waals surface area (Å²) in [5, 5.41) is 3.98. The predicted octanol–water partition coefficient (Wildman–Crippen LogP) is 2.08. The minimum absolute atomic E-state index is 0.127. The van der Waals surface area contributed by atoms with E-state index in [0.29, 0.717) is 6.54 Å². The highest BCUT2D eigenvalue weighted by molar-refractivity contribution is 5.82. The van der Waals surface area contributed by atoms with Gasteiger partial charge in [0.1, 0.15) is 11.5 Å². The minimum Gasteiger partial charge on any atom is -0.373 e. The summed E-state index contributed by atoms with van der Waals surface area (Å²) in [7, 11) is 1.83. The zero-order valence-electron chi connectivity index (χ0n) is 15.1. The van der Waals surface area contributed by atoms with E-state index >= 15 is 0 Å². The molecule has 1 aliphatic rings. The number of likely N-dealkylation sites (N-methyl/N-ethyl adjacent to an activating group) is 1. The van der Waals surface area contributed by atoms with Gasteiger partial charge in [0, 0.05) is 26.2 Å². The van der Waals surface area contributed by atoms with Crippen LogP contribution in [0.2, 0.25) is 0 Å². The van der Waals surface area contributed by atoms with Crippen LogP contribution in [0.1, 0.15) is 39.1 Å². The lowest BCUT2D eigenvalue weighted by molar-refractivity contribution is -0.144. The molecule has 3 unspecified atom stereocenters. The molecule has 0 bridgehead atoms. The normalized spacial score (nSPS) is 24.0. The van der Waals surface area contributed by atoms with E-state index in [2.05, 4.69) is 37.8 Å².